The van der Waals surface area contributed by atoms with Gasteiger partial charge in [0.15, 0.2) is 11.5 Å². The molecule has 0 saturated heterocycles. The van der Waals surface area contributed by atoms with Crippen LogP contribution in [0.4, 0.5) is 5.69 Å². The van der Waals surface area contributed by atoms with Crippen LogP contribution in [0.25, 0.3) is 0 Å². The maximum atomic E-state index is 11.9. The molecule has 0 bridgehead atoms. The zero-order valence-electron chi connectivity index (χ0n) is 13.0. The van der Waals surface area contributed by atoms with Crippen LogP contribution in [0.5, 0.6) is 11.5 Å². The lowest BCUT2D eigenvalue weighted by molar-refractivity contribution is -0.116. The molecule has 2 aromatic rings. The molecule has 0 saturated carbocycles. The van der Waals surface area contributed by atoms with Crippen LogP contribution < -0.4 is 14.8 Å². The third-order valence-electron chi connectivity index (χ3n) is 3.06. The van der Waals surface area contributed by atoms with Gasteiger partial charge in [-0.05, 0) is 43.7 Å². The number of hydrogen-bond acceptors (Lipinski definition) is 3. The van der Waals surface area contributed by atoms with Crippen LogP contribution >= 0.6 is 15.9 Å². The summed E-state index contributed by atoms with van der Waals surface area (Å²) in [7, 11) is 0. The Labute approximate surface area is 144 Å². The molecule has 4 nitrogen and oxygen atoms in total. The van der Waals surface area contributed by atoms with E-state index < -0.39 is 0 Å². The zero-order chi connectivity index (χ0) is 16.5. The van der Waals surface area contributed by atoms with E-state index in [0.717, 1.165) is 15.9 Å². The molecule has 0 atom stereocenters. The van der Waals surface area contributed by atoms with Crippen molar-refractivity contribution in [2.75, 3.05) is 18.5 Å². The Hall–Kier alpha value is -2.01. The molecule has 0 radical (unpaired) electrons. The quantitative estimate of drug-likeness (QED) is 0.681. The van der Waals surface area contributed by atoms with Crippen molar-refractivity contribution in [3.05, 3.63) is 53.0 Å². The highest BCUT2D eigenvalue weighted by atomic mass is 79.9. The number of halogens is 1. The monoisotopic (exact) mass is 377 g/mol. The summed E-state index contributed by atoms with van der Waals surface area (Å²) in [6.45, 7) is 2.99. The van der Waals surface area contributed by atoms with E-state index in [9.17, 15) is 4.79 Å². The lowest BCUT2D eigenvalue weighted by atomic mass is 10.2. The van der Waals surface area contributed by atoms with Crippen LogP contribution in [0.2, 0.25) is 0 Å². The first-order valence-corrected chi connectivity index (χ1v) is 8.38. The van der Waals surface area contributed by atoms with Crippen molar-refractivity contribution in [1.82, 2.24) is 0 Å². The Bertz CT molecular complexity index is 646. The fourth-order valence-corrected chi connectivity index (χ4v) is 2.45. The van der Waals surface area contributed by atoms with Crippen molar-refractivity contribution < 1.29 is 14.3 Å². The van der Waals surface area contributed by atoms with Gasteiger partial charge in [-0.15, -0.1) is 0 Å². The zero-order valence-corrected chi connectivity index (χ0v) is 14.6. The number of ether oxygens (including phenoxy) is 2. The number of rotatable bonds is 8. The first kappa shape index (κ1) is 17.3. The van der Waals surface area contributed by atoms with E-state index in [1.807, 2.05) is 55.5 Å². The van der Waals surface area contributed by atoms with E-state index >= 15 is 0 Å². The van der Waals surface area contributed by atoms with Gasteiger partial charge in [-0.2, -0.15) is 0 Å². The fourth-order valence-electron chi connectivity index (χ4n) is 2.05. The Morgan fingerprint density at radius 2 is 1.83 bits per heavy atom. The predicted octanol–water partition coefficient (Wildman–Crippen LogP) is 4.65. The second-order valence-electron chi connectivity index (χ2n) is 4.89. The summed E-state index contributed by atoms with van der Waals surface area (Å²) in [6, 6.07) is 15.1. The van der Waals surface area contributed by atoms with Gasteiger partial charge in [-0.25, -0.2) is 0 Å². The first-order chi connectivity index (χ1) is 11.2. The number of benzene rings is 2. The number of hydrogen-bond donors (Lipinski definition) is 1. The third-order valence-corrected chi connectivity index (χ3v) is 3.56. The summed E-state index contributed by atoms with van der Waals surface area (Å²) in [5, 5.41) is 2.86. The number of nitrogens with one attached hydrogen (secondary N) is 1. The maximum absolute atomic E-state index is 11.9. The minimum absolute atomic E-state index is 0.0233. The van der Waals surface area contributed by atoms with E-state index in [-0.39, 0.29) is 5.91 Å². The Balaban J connectivity index is 1.74. The highest BCUT2D eigenvalue weighted by Gasteiger charge is 2.05. The largest absolute Gasteiger partial charge is 0.490 e. The lowest BCUT2D eigenvalue weighted by Gasteiger charge is -2.11. The Morgan fingerprint density at radius 1 is 1.09 bits per heavy atom. The minimum Gasteiger partial charge on any atom is -0.490 e. The number of para-hydroxylation sites is 2. The molecule has 122 valence electrons. The van der Waals surface area contributed by atoms with Crippen molar-refractivity contribution in [2.24, 2.45) is 0 Å². The smallest absolute Gasteiger partial charge is 0.224 e. The van der Waals surface area contributed by atoms with Crippen molar-refractivity contribution in [3.63, 3.8) is 0 Å². The molecule has 0 aliphatic carbocycles. The average molecular weight is 378 g/mol. The molecule has 0 heterocycles. The molecule has 0 aromatic heterocycles. The van der Waals surface area contributed by atoms with Gasteiger partial charge in [0.2, 0.25) is 5.91 Å². The molecule has 0 fully saturated rings. The average Bonchev–Trinajstić information content (AvgIpc) is 2.53. The van der Waals surface area contributed by atoms with Gasteiger partial charge in [0.25, 0.3) is 0 Å². The number of anilines is 1. The first-order valence-electron chi connectivity index (χ1n) is 7.59. The van der Waals surface area contributed by atoms with Gasteiger partial charge in [0, 0.05) is 16.6 Å². The standard InChI is InChI=1S/C18H20BrNO3/c1-2-22-16-9-3-4-10-17(16)23-12-6-11-18(21)20-15-8-5-7-14(19)13-15/h3-5,7-10,13H,2,6,11-12H2,1H3,(H,20,21). The van der Waals surface area contributed by atoms with Gasteiger partial charge < -0.3 is 14.8 Å². The molecule has 0 aliphatic heterocycles. The summed E-state index contributed by atoms with van der Waals surface area (Å²) in [6.07, 6.45) is 1.05. The molecule has 0 aliphatic rings. The van der Waals surface area contributed by atoms with Crippen LogP contribution in [0.1, 0.15) is 19.8 Å². The summed E-state index contributed by atoms with van der Waals surface area (Å²) in [5.74, 6) is 1.42. The highest BCUT2D eigenvalue weighted by Crippen LogP contribution is 2.26. The molecular weight excluding hydrogens is 358 g/mol. The van der Waals surface area contributed by atoms with E-state index in [4.69, 9.17) is 9.47 Å². The van der Waals surface area contributed by atoms with Gasteiger partial charge in [-0.1, -0.05) is 34.1 Å². The summed E-state index contributed by atoms with van der Waals surface area (Å²) in [5.41, 5.74) is 0.784. The maximum Gasteiger partial charge on any atom is 0.224 e. The molecule has 1 N–H and O–H groups in total. The minimum atomic E-state index is -0.0233. The number of amides is 1. The third kappa shape index (κ3) is 5.94. The van der Waals surface area contributed by atoms with Gasteiger partial charge in [-0.3, -0.25) is 4.79 Å². The van der Waals surface area contributed by atoms with E-state index in [2.05, 4.69) is 21.2 Å². The SMILES string of the molecule is CCOc1ccccc1OCCCC(=O)Nc1cccc(Br)c1. The van der Waals surface area contributed by atoms with E-state index in [0.29, 0.717) is 31.8 Å². The topological polar surface area (TPSA) is 47.6 Å². The summed E-state index contributed by atoms with van der Waals surface area (Å²) < 4.78 is 12.1. The molecule has 5 heteroatoms. The van der Waals surface area contributed by atoms with Crippen LogP contribution in [0, 0.1) is 0 Å². The molecule has 23 heavy (non-hydrogen) atoms. The molecular formula is C18H20BrNO3. The van der Waals surface area contributed by atoms with Gasteiger partial charge >= 0.3 is 0 Å². The van der Waals surface area contributed by atoms with Gasteiger partial charge in [0.05, 0.1) is 13.2 Å². The van der Waals surface area contributed by atoms with Gasteiger partial charge in [0.1, 0.15) is 0 Å². The van der Waals surface area contributed by atoms with Crippen LogP contribution in [-0.4, -0.2) is 19.1 Å². The fraction of sp³-hybridized carbons (Fsp3) is 0.278. The lowest BCUT2D eigenvalue weighted by Crippen LogP contribution is -2.12. The van der Waals surface area contributed by atoms with Crippen molar-refractivity contribution in [1.29, 1.82) is 0 Å². The van der Waals surface area contributed by atoms with Crippen LogP contribution in [0.3, 0.4) is 0 Å². The normalized spacial score (nSPS) is 10.2. The predicted molar refractivity (Wildman–Crippen MR) is 95.1 cm³/mol. The highest BCUT2D eigenvalue weighted by molar-refractivity contribution is 9.10. The molecule has 0 spiro atoms. The molecule has 1 amide bonds. The second-order valence-corrected chi connectivity index (χ2v) is 5.81. The number of carbonyl (C=O) groups is 1. The van der Waals surface area contributed by atoms with E-state index in [1.165, 1.54) is 0 Å². The summed E-state index contributed by atoms with van der Waals surface area (Å²) >= 11 is 3.38. The molecule has 0 unspecified atom stereocenters. The molecule has 2 aromatic carbocycles. The van der Waals surface area contributed by atoms with Crippen molar-refractivity contribution in [3.8, 4) is 11.5 Å². The summed E-state index contributed by atoms with van der Waals surface area (Å²) in [4.78, 5) is 11.9. The van der Waals surface area contributed by atoms with Crippen LogP contribution in [-0.2, 0) is 4.79 Å². The van der Waals surface area contributed by atoms with E-state index in [1.54, 1.807) is 0 Å². The second kappa shape index (κ2) is 9.20. The Morgan fingerprint density at radius 3 is 2.52 bits per heavy atom. The molecule has 2 rings (SSSR count). The van der Waals surface area contributed by atoms with Crippen molar-refractivity contribution in [2.45, 2.75) is 19.8 Å². The number of carbonyl (C=O) groups excluding carboxylic acids is 1. The van der Waals surface area contributed by atoms with Crippen molar-refractivity contribution >= 4 is 27.5 Å². The van der Waals surface area contributed by atoms with Crippen LogP contribution in [0.15, 0.2) is 53.0 Å². The Kier molecular flexibility index (Phi) is 6.94.